The molecule has 1 N–H and O–H groups in total. The molecule has 0 radical (unpaired) electrons. The van der Waals surface area contributed by atoms with E-state index >= 15 is 0 Å². The Morgan fingerprint density at radius 3 is 2.35 bits per heavy atom. The van der Waals surface area contributed by atoms with Crippen LogP contribution in [0.25, 0.3) is 0 Å². The van der Waals surface area contributed by atoms with Crippen molar-refractivity contribution in [2.75, 3.05) is 26.2 Å². The highest BCUT2D eigenvalue weighted by atomic mass is 32.2. The molecule has 0 bridgehead atoms. The Morgan fingerprint density at radius 2 is 1.77 bits per heavy atom. The van der Waals surface area contributed by atoms with Gasteiger partial charge in [-0.2, -0.15) is 4.31 Å². The summed E-state index contributed by atoms with van der Waals surface area (Å²) in [5.41, 5.74) is 0.209. The van der Waals surface area contributed by atoms with Crippen LogP contribution in [-0.2, 0) is 19.6 Å². The molecular formula is C18H26N2O5S. The van der Waals surface area contributed by atoms with Crippen LogP contribution in [-0.4, -0.2) is 50.8 Å². The van der Waals surface area contributed by atoms with Crippen LogP contribution in [0.1, 0.15) is 43.5 Å². The Kier molecular flexibility index (Phi) is 7.16. The van der Waals surface area contributed by atoms with Gasteiger partial charge in [-0.3, -0.25) is 4.79 Å². The first kappa shape index (κ1) is 20.4. The second kappa shape index (κ2) is 9.14. The number of nitrogens with one attached hydrogen (secondary N) is 1. The van der Waals surface area contributed by atoms with Gasteiger partial charge < -0.3 is 10.1 Å². The van der Waals surface area contributed by atoms with Gasteiger partial charge in [-0.1, -0.05) is 13.8 Å². The number of hydrogen-bond donors (Lipinski definition) is 1. The largest absolute Gasteiger partial charge is 0.452 e. The van der Waals surface area contributed by atoms with Gasteiger partial charge in [-0.05, 0) is 49.4 Å². The van der Waals surface area contributed by atoms with E-state index in [1.165, 1.54) is 28.6 Å². The molecular weight excluding hydrogens is 356 g/mol. The minimum absolute atomic E-state index is 0.155. The number of hydrogen-bond acceptors (Lipinski definition) is 5. The number of esters is 1. The number of rotatable bonds is 8. The average molecular weight is 382 g/mol. The Bertz CT molecular complexity index is 722. The van der Waals surface area contributed by atoms with Gasteiger partial charge in [0.15, 0.2) is 6.61 Å². The highest BCUT2D eigenvalue weighted by molar-refractivity contribution is 7.89. The molecule has 1 amide bonds. The van der Waals surface area contributed by atoms with Crippen molar-refractivity contribution in [1.29, 1.82) is 0 Å². The van der Waals surface area contributed by atoms with Crippen molar-refractivity contribution in [3.05, 3.63) is 29.8 Å². The zero-order valence-electron chi connectivity index (χ0n) is 15.2. The maximum Gasteiger partial charge on any atom is 0.338 e. The predicted octanol–water partition coefficient (Wildman–Crippen LogP) is 1.79. The summed E-state index contributed by atoms with van der Waals surface area (Å²) < 4.78 is 31.3. The summed E-state index contributed by atoms with van der Waals surface area (Å²) in [4.78, 5) is 23.8. The molecule has 1 aromatic rings. The van der Waals surface area contributed by atoms with Gasteiger partial charge in [0.05, 0.1) is 10.5 Å². The van der Waals surface area contributed by atoms with E-state index in [9.17, 15) is 18.0 Å². The highest BCUT2D eigenvalue weighted by Gasteiger charge is 2.27. The van der Waals surface area contributed by atoms with Gasteiger partial charge in [0.25, 0.3) is 5.91 Å². The van der Waals surface area contributed by atoms with Crippen molar-refractivity contribution in [2.45, 2.75) is 38.0 Å². The van der Waals surface area contributed by atoms with E-state index in [-0.39, 0.29) is 23.0 Å². The summed E-state index contributed by atoms with van der Waals surface area (Å²) in [5, 5.41) is 2.68. The Hall–Kier alpha value is -1.93. The molecule has 0 saturated carbocycles. The van der Waals surface area contributed by atoms with Crippen molar-refractivity contribution in [2.24, 2.45) is 5.92 Å². The van der Waals surface area contributed by atoms with Crippen LogP contribution in [0.5, 0.6) is 0 Å². The summed E-state index contributed by atoms with van der Waals surface area (Å²) in [5.74, 6) is -0.533. The minimum Gasteiger partial charge on any atom is -0.452 e. The van der Waals surface area contributed by atoms with Gasteiger partial charge >= 0.3 is 5.97 Å². The molecule has 7 nitrogen and oxygen atoms in total. The average Bonchev–Trinajstić information content (AvgIpc) is 3.15. The molecule has 8 heteroatoms. The van der Waals surface area contributed by atoms with Crippen LogP contribution in [0.15, 0.2) is 29.2 Å². The van der Waals surface area contributed by atoms with E-state index < -0.39 is 16.0 Å². The lowest BCUT2D eigenvalue weighted by Crippen LogP contribution is -2.30. The Morgan fingerprint density at radius 1 is 1.15 bits per heavy atom. The maximum absolute atomic E-state index is 12.4. The first-order valence-corrected chi connectivity index (χ1v) is 10.3. The summed E-state index contributed by atoms with van der Waals surface area (Å²) >= 11 is 0. The summed E-state index contributed by atoms with van der Waals surface area (Å²) in [6.07, 6.45) is 2.58. The number of benzene rings is 1. The minimum atomic E-state index is -3.51. The number of carbonyl (C=O) groups excluding carboxylic acids is 2. The van der Waals surface area contributed by atoms with Crippen molar-refractivity contribution in [3.63, 3.8) is 0 Å². The third kappa shape index (κ3) is 5.54. The highest BCUT2D eigenvalue weighted by Crippen LogP contribution is 2.21. The van der Waals surface area contributed by atoms with E-state index in [4.69, 9.17) is 4.74 Å². The Labute approximate surface area is 154 Å². The second-order valence-electron chi connectivity index (χ2n) is 6.74. The molecule has 26 heavy (non-hydrogen) atoms. The number of ether oxygens (including phenoxy) is 1. The molecule has 2 rings (SSSR count). The molecule has 0 aliphatic carbocycles. The molecule has 0 spiro atoms. The molecule has 1 aliphatic heterocycles. The molecule has 1 aliphatic rings. The smallest absolute Gasteiger partial charge is 0.338 e. The summed E-state index contributed by atoms with van der Waals surface area (Å²) in [6, 6.07) is 5.60. The van der Waals surface area contributed by atoms with E-state index in [0.29, 0.717) is 25.6 Å². The van der Waals surface area contributed by atoms with Crippen LogP contribution < -0.4 is 5.32 Å². The standard InChI is InChI=1S/C18H26N2O5S/c1-14(2)9-10-19-17(21)13-25-18(22)15-5-7-16(8-6-15)26(23,24)20-11-3-4-12-20/h5-8,14H,3-4,9-13H2,1-2H3,(H,19,21). The van der Waals surface area contributed by atoms with Crippen molar-refractivity contribution < 1.29 is 22.7 Å². The number of carbonyl (C=O) groups is 2. The topological polar surface area (TPSA) is 92.8 Å². The van der Waals surface area contributed by atoms with Crippen LogP contribution in [0.2, 0.25) is 0 Å². The molecule has 0 unspecified atom stereocenters. The number of nitrogens with zero attached hydrogens (tertiary/aromatic N) is 1. The van der Waals surface area contributed by atoms with E-state index in [1.807, 2.05) is 0 Å². The fourth-order valence-corrected chi connectivity index (χ4v) is 4.12. The third-order valence-corrected chi connectivity index (χ3v) is 6.08. The quantitative estimate of drug-likeness (QED) is 0.692. The van der Waals surface area contributed by atoms with Crippen LogP contribution in [0.4, 0.5) is 0 Å². The van der Waals surface area contributed by atoms with Gasteiger partial charge in [-0.15, -0.1) is 0 Å². The molecule has 1 fully saturated rings. The van der Waals surface area contributed by atoms with Crippen molar-refractivity contribution in [3.8, 4) is 0 Å². The first-order chi connectivity index (χ1) is 12.3. The van der Waals surface area contributed by atoms with Gasteiger partial charge in [0.2, 0.25) is 10.0 Å². The van der Waals surface area contributed by atoms with Gasteiger partial charge in [-0.25, -0.2) is 13.2 Å². The molecule has 0 aromatic heterocycles. The van der Waals surface area contributed by atoms with Crippen molar-refractivity contribution >= 4 is 21.9 Å². The van der Waals surface area contributed by atoms with E-state index in [1.54, 1.807) is 0 Å². The third-order valence-electron chi connectivity index (χ3n) is 4.17. The second-order valence-corrected chi connectivity index (χ2v) is 8.68. The summed E-state index contributed by atoms with van der Waals surface area (Å²) in [7, 11) is -3.51. The fourth-order valence-electron chi connectivity index (χ4n) is 2.61. The number of sulfonamides is 1. The maximum atomic E-state index is 12.4. The predicted molar refractivity (Wildman–Crippen MR) is 97.2 cm³/mol. The lowest BCUT2D eigenvalue weighted by molar-refractivity contribution is -0.124. The van der Waals surface area contributed by atoms with E-state index in [0.717, 1.165) is 19.3 Å². The SMILES string of the molecule is CC(C)CCNC(=O)COC(=O)c1ccc(S(=O)(=O)N2CCCC2)cc1. The van der Waals surface area contributed by atoms with E-state index in [2.05, 4.69) is 19.2 Å². The molecule has 1 aromatic carbocycles. The van der Waals surface area contributed by atoms with Crippen LogP contribution in [0, 0.1) is 5.92 Å². The number of amides is 1. The monoisotopic (exact) mass is 382 g/mol. The Balaban J connectivity index is 1.87. The molecule has 0 atom stereocenters. The molecule has 144 valence electrons. The van der Waals surface area contributed by atoms with Crippen molar-refractivity contribution in [1.82, 2.24) is 9.62 Å². The zero-order valence-corrected chi connectivity index (χ0v) is 16.0. The lowest BCUT2D eigenvalue weighted by atomic mass is 10.1. The fraction of sp³-hybridized carbons (Fsp3) is 0.556. The van der Waals surface area contributed by atoms with Gasteiger partial charge in [0, 0.05) is 19.6 Å². The molecule has 1 heterocycles. The van der Waals surface area contributed by atoms with Crippen LogP contribution in [0.3, 0.4) is 0 Å². The molecule has 1 saturated heterocycles. The normalized spacial score (nSPS) is 15.2. The first-order valence-electron chi connectivity index (χ1n) is 8.84. The lowest BCUT2D eigenvalue weighted by Gasteiger charge is -2.15. The zero-order chi connectivity index (χ0) is 19.2. The summed E-state index contributed by atoms with van der Waals surface area (Å²) in [6.45, 7) is 5.34. The van der Waals surface area contributed by atoms with Gasteiger partial charge in [0.1, 0.15) is 0 Å². The van der Waals surface area contributed by atoms with Crippen LogP contribution >= 0.6 is 0 Å².